The van der Waals surface area contributed by atoms with Gasteiger partial charge in [0.15, 0.2) is 46.0 Å². The molecule has 4 aromatic rings. The minimum atomic E-state index is -0.198. The van der Waals surface area contributed by atoms with Gasteiger partial charge < -0.3 is 48.8 Å². The van der Waals surface area contributed by atoms with Crippen LogP contribution in [0.5, 0.6) is 57.5 Å². The summed E-state index contributed by atoms with van der Waals surface area (Å²) in [6.07, 6.45) is 1.99. The number of methoxy groups -OCH3 is 6. The van der Waals surface area contributed by atoms with E-state index in [2.05, 4.69) is 0 Å². The highest BCUT2D eigenvalue weighted by atomic mass is 16.5. The number of aromatic hydroxyl groups is 4. The minimum absolute atomic E-state index is 0.0198. The molecular formula is C34H34O10. The Balaban J connectivity index is 1.78. The van der Waals surface area contributed by atoms with Gasteiger partial charge in [0.2, 0.25) is 11.5 Å². The number of aryl methyl sites for hydroxylation is 2. The van der Waals surface area contributed by atoms with Crippen LogP contribution in [0.15, 0.2) is 24.3 Å². The molecule has 0 unspecified atom stereocenters. The molecule has 0 spiro atoms. The lowest BCUT2D eigenvalue weighted by Crippen LogP contribution is -2.13. The van der Waals surface area contributed by atoms with Gasteiger partial charge in [0.25, 0.3) is 0 Å². The van der Waals surface area contributed by atoms with Crippen LogP contribution in [0.2, 0.25) is 0 Å². The second-order valence-corrected chi connectivity index (χ2v) is 10.6. The van der Waals surface area contributed by atoms with Gasteiger partial charge in [-0.05, 0) is 83.3 Å². The number of fused-ring (bicyclic) bond motifs is 6. The fourth-order valence-electron chi connectivity index (χ4n) is 6.80. The number of ether oxygens (including phenoxy) is 6. The van der Waals surface area contributed by atoms with Crippen LogP contribution in [0.4, 0.5) is 0 Å². The first kappa shape index (κ1) is 29.0. The lowest BCUT2D eigenvalue weighted by atomic mass is 9.76. The Bertz CT molecular complexity index is 1690. The summed E-state index contributed by atoms with van der Waals surface area (Å²) in [6.45, 7) is 0. The zero-order valence-electron chi connectivity index (χ0n) is 25.4. The maximum Gasteiger partial charge on any atom is 0.204 e. The highest BCUT2D eigenvalue weighted by Gasteiger charge is 2.37. The summed E-state index contributed by atoms with van der Waals surface area (Å²) in [5.74, 6) is 1.03. The molecule has 0 aliphatic heterocycles. The zero-order chi connectivity index (χ0) is 31.4. The molecule has 0 saturated heterocycles. The predicted molar refractivity (Wildman–Crippen MR) is 164 cm³/mol. The van der Waals surface area contributed by atoms with Crippen molar-refractivity contribution in [3.63, 3.8) is 0 Å². The minimum Gasteiger partial charge on any atom is -0.504 e. The van der Waals surface area contributed by atoms with E-state index in [1.165, 1.54) is 42.7 Å². The van der Waals surface area contributed by atoms with Crippen LogP contribution in [-0.4, -0.2) is 63.1 Å². The molecule has 10 nitrogen and oxygen atoms in total. The molecule has 10 heteroatoms. The van der Waals surface area contributed by atoms with Crippen LogP contribution < -0.4 is 28.4 Å². The maximum absolute atomic E-state index is 11.9. The number of rotatable bonds is 7. The topological polar surface area (TPSA) is 136 Å². The van der Waals surface area contributed by atoms with Crippen LogP contribution in [0.1, 0.15) is 22.3 Å². The molecule has 0 heterocycles. The molecule has 6 rings (SSSR count). The summed E-state index contributed by atoms with van der Waals surface area (Å²) in [4.78, 5) is 0. The van der Waals surface area contributed by atoms with E-state index in [9.17, 15) is 20.4 Å². The van der Waals surface area contributed by atoms with E-state index in [1.54, 1.807) is 24.3 Å². The third kappa shape index (κ3) is 4.00. The van der Waals surface area contributed by atoms with E-state index in [-0.39, 0.29) is 46.0 Å². The van der Waals surface area contributed by atoms with Crippen LogP contribution in [-0.2, 0) is 25.7 Å². The molecule has 4 aromatic carbocycles. The fraction of sp³-hybridized carbons (Fsp3) is 0.294. The SMILES string of the molecule is COc1cc2c(cc1O)CCc1c(-c3c(O)c(OC)c(OC)c4c3CCc3cc(O)c(OC)cc3-4)c(O)c(OC)c(OC)c1-2. The Morgan fingerprint density at radius 2 is 0.795 bits per heavy atom. The molecule has 2 aliphatic rings. The summed E-state index contributed by atoms with van der Waals surface area (Å²) >= 11 is 0. The number of phenolic OH excluding ortho intramolecular Hbond substituents is 4. The Labute approximate surface area is 254 Å². The van der Waals surface area contributed by atoms with Crippen molar-refractivity contribution in [2.75, 3.05) is 42.7 Å². The van der Waals surface area contributed by atoms with Gasteiger partial charge in [-0.3, -0.25) is 0 Å². The first-order chi connectivity index (χ1) is 21.2. The second kappa shape index (κ2) is 10.9. The van der Waals surface area contributed by atoms with Gasteiger partial charge in [0.05, 0.1) is 42.7 Å². The smallest absolute Gasteiger partial charge is 0.204 e. The second-order valence-electron chi connectivity index (χ2n) is 10.6. The quantitative estimate of drug-likeness (QED) is 0.207. The van der Waals surface area contributed by atoms with Gasteiger partial charge in [0, 0.05) is 22.3 Å². The molecule has 0 radical (unpaired) electrons. The maximum atomic E-state index is 11.9. The highest BCUT2D eigenvalue weighted by Crippen LogP contribution is 2.62. The summed E-state index contributed by atoms with van der Waals surface area (Å²) in [5, 5.41) is 44.9. The standard InChI is InChI=1S/C34H34O10/c1-39-23-13-19-15(11-21(23)35)7-9-17-25(19)31(41-3)33(43-5)29(37)27(17)28-18-10-8-16-12-22(36)24(40-2)14-20(16)26(18)32(42-4)34(44-6)30(28)38/h11-14,35-38H,7-10H2,1-6H3. The third-order valence-corrected chi connectivity index (χ3v) is 8.68. The van der Waals surface area contributed by atoms with Crippen LogP contribution in [0, 0.1) is 0 Å². The monoisotopic (exact) mass is 602 g/mol. The Morgan fingerprint density at radius 1 is 0.432 bits per heavy atom. The zero-order valence-corrected chi connectivity index (χ0v) is 25.4. The van der Waals surface area contributed by atoms with Crippen molar-refractivity contribution in [2.24, 2.45) is 0 Å². The van der Waals surface area contributed by atoms with Gasteiger partial charge in [-0.1, -0.05) is 0 Å². The van der Waals surface area contributed by atoms with Crippen molar-refractivity contribution in [3.05, 3.63) is 46.5 Å². The van der Waals surface area contributed by atoms with Crippen molar-refractivity contribution < 1.29 is 48.8 Å². The fourth-order valence-corrected chi connectivity index (χ4v) is 6.80. The first-order valence-corrected chi connectivity index (χ1v) is 14.0. The van der Waals surface area contributed by atoms with E-state index in [0.717, 1.165) is 33.4 Å². The number of hydrogen-bond acceptors (Lipinski definition) is 10. The van der Waals surface area contributed by atoms with Crippen molar-refractivity contribution in [1.82, 2.24) is 0 Å². The third-order valence-electron chi connectivity index (χ3n) is 8.68. The van der Waals surface area contributed by atoms with E-state index in [4.69, 9.17) is 28.4 Å². The Morgan fingerprint density at radius 3 is 1.11 bits per heavy atom. The lowest BCUT2D eigenvalue weighted by molar-refractivity contribution is 0.331. The normalized spacial score (nSPS) is 12.8. The first-order valence-electron chi connectivity index (χ1n) is 14.0. The summed E-state index contributed by atoms with van der Waals surface area (Å²) < 4.78 is 34.0. The molecule has 4 N–H and O–H groups in total. The van der Waals surface area contributed by atoms with E-state index in [1.807, 2.05) is 0 Å². The van der Waals surface area contributed by atoms with Crippen LogP contribution in [0.3, 0.4) is 0 Å². The summed E-state index contributed by atoms with van der Waals surface area (Å²) in [5.41, 5.74) is 6.73. The number of benzene rings is 4. The number of hydrogen-bond donors (Lipinski definition) is 4. The molecule has 0 saturated carbocycles. The van der Waals surface area contributed by atoms with Crippen molar-refractivity contribution >= 4 is 0 Å². The lowest BCUT2D eigenvalue weighted by Gasteiger charge is -2.31. The average molecular weight is 603 g/mol. The van der Waals surface area contributed by atoms with Gasteiger partial charge in [-0.15, -0.1) is 0 Å². The van der Waals surface area contributed by atoms with E-state index < -0.39 is 0 Å². The molecule has 0 atom stereocenters. The van der Waals surface area contributed by atoms with Gasteiger partial charge >= 0.3 is 0 Å². The van der Waals surface area contributed by atoms with Crippen molar-refractivity contribution in [3.8, 4) is 90.9 Å². The summed E-state index contributed by atoms with van der Waals surface area (Å²) in [7, 11) is 8.83. The van der Waals surface area contributed by atoms with Crippen LogP contribution >= 0.6 is 0 Å². The van der Waals surface area contributed by atoms with Crippen LogP contribution in [0.25, 0.3) is 33.4 Å². The molecule has 0 aromatic heterocycles. The highest BCUT2D eigenvalue weighted by molar-refractivity contribution is 6.00. The molecular weight excluding hydrogens is 568 g/mol. The van der Waals surface area contributed by atoms with Gasteiger partial charge in [-0.25, -0.2) is 0 Å². The Kier molecular flexibility index (Phi) is 7.15. The molecule has 0 bridgehead atoms. The van der Waals surface area contributed by atoms with Crippen molar-refractivity contribution in [2.45, 2.75) is 25.7 Å². The molecule has 44 heavy (non-hydrogen) atoms. The number of phenols is 4. The van der Waals surface area contributed by atoms with Gasteiger partial charge in [-0.2, -0.15) is 0 Å². The molecule has 0 amide bonds. The molecule has 2 aliphatic carbocycles. The summed E-state index contributed by atoms with van der Waals surface area (Å²) in [6, 6.07) is 6.82. The molecule has 0 fully saturated rings. The Hall–Kier alpha value is -5.12. The predicted octanol–water partition coefficient (Wildman–Crippen LogP) is 5.76. The van der Waals surface area contributed by atoms with E-state index >= 15 is 0 Å². The van der Waals surface area contributed by atoms with Crippen molar-refractivity contribution in [1.29, 1.82) is 0 Å². The van der Waals surface area contributed by atoms with E-state index in [0.29, 0.717) is 59.4 Å². The average Bonchev–Trinajstić information content (AvgIpc) is 3.03. The molecule has 230 valence electrons. The van der Waals surface area contributed by atoms with Gasteiger partial charge in [0.1, 0.15) is 0 Å². The largest absolute Gasteiger partial charge is 0.504 e.